The van der Waals surface area contributed by atoms with Crippen molar-refractivity contribution in [1.82, 2.24) is 0 Å². The lowest BCUT2D eigenvalue weighted by molar-refractivity contribution is 0.641. The highest BCUT2D eigenvalue weighted by molar-refractivity contribution is 6.42. The van der Waals surface area contributed by atoms with Crippen LogP contribution in [0.25, 0.3) is 0 Å². The van der Waals surface area contributed by atoms with E-state index in [1.807, 2.05) is 13.8 Å². The van der Waals surface area contributed by atoms with Crippen LogP contribution in [0.3, 0.4) is 0 Å². The Balaban J connectivity index is 2.53. The summed E-state index contributed by atoms with van der Waals surface area (Å²) >= 11 is 0. The predicted octanol–water partition coefficient (Wildman–Crippen LogP) is 3.40. The second kappa shape index (κ2) is 5.25. The van der Waals surface area contributed by atoms with E-state index in [1.165, 1.54) is 16.7 Å². The molecular weight excluding hydrogens is 198 g/mol. The van der Waals surface area contributed by atoms with Gasteiger partial charge in [0.1, 0.15) is 0 Å². The van der Waals surface area contributed by atoms with Gasteiger partial charge < -0.3 is 0 Å². The Morgan fingerprint density at radius 2 is 1.93 bits per heavy atom. The smallest absolute Gasteiger partial charge is 0.275 e. The van der Waals surface area contributed by atoms with Gasteiger partial charge in [-0.3, -0.25) is 8.22 Å². The molecule has 0 spiro atoms. The van der Waals surface area contributed by atoms with Crippen LogP contribution in [0.15, 0.2) is 18.2 Å². The van der Waals surface area contributed by atoms with Crippen molar-refractivity contribution < 1.29 is 8.22 Å². The zero-order valence-corrected chi connectivity index (χ0v) is 9.84. The van der Waals surface area contributed by atoms with Gasteiger partial charge in [-0.1, -0.05) is 23.8 Å². The van der Waals surface area contributed by atoms with Crippen LogP contribution in [0.4, 0.5) is 8.22 Å². The highest BCUT2D eigenvalue weighted by Gasteiger charge is 2.07. The van der Waals surface area contributed by atoms with Gasteiger partial charge in [-0.05, 0) is 43.9 Å². The van der Waals surface area contributed by atoms with Gasteiger partial charge in [-0.2, -0.15) is 0 Å². The lowest BCUT2D eigenvalue weighted by atomic mass is 10.0. The van der Waals surface area contributed by atoms with Gasteiger partial charge in [-0.25, -0.2) is 0 Å². The summed E-state index contributed by atoms with van der Waals surface area (Å²) in [5.74, 6) is 0. The van der Waals surface area contributed by atoms with Gasteiger partial charge in [0.25, 0.3) is 0 Å². The van der Waals surface area contributed by atoms with Crippen molar-refractivity contribution in [2.75, 3.05) is 0 Å². The first-order chi connectivity index (χ1) is 6.59. The fourth-order valence-corrected chi connectivity index (χ4v) is 2.03. The SMILES string of the molecule is Cc1ccc(C)c(CCC[SiH](F)F)c1. The van der Waals surface area contributed by atoms with Crippen molar-refractivity contribution in [3.63, 3.8) is 0 Å². The molecule has 0 unspecified atom stereocenters. The van der Waals surface area contributed by atoms with Gasteiger partial charge >= 0.3 is 9.46 Å². The lowest BCUT2D eigenvalue weighted by Crippen LogP contribution is -1.98. The monoisotopic (exact) mass is 214 g/mol. The second-order valence-electron chi connectivity index (χ2n) is 3.71. The summed E-state index contributed by atoms with van der Waals surface area (Å²) in [7, 11) is -3.34. The minimum absolute atomic E-state index is 0.146. The first-order valence-corrected chi connectivity index (χ1v) is 6.63. The molecule has 0 aliphatic rings. The highest BCUT2D eigenvalue weighted by Crippen LogP contribution is 2.14. The van der Waals surface area contributed by atoms with Crippen molar-refractivity contribution in [1.29, 1.82) is 0 Å². The molecule has 1 aromatic rings. The normalized spacial score (nSPS) is 10.9. The zero-order valence-electron chi connectivity index (χ0n) is 8.69. The van der Waals surface area contributed by atoms with Crippen LogP contribution in [0, 0.1) is 13.8 Å². The van der Waals surface area contributed by atoms with Crippen LogP contribution in [0.2, 0.25) is 6.04 Å². The standard InChI is InChI=1S/C11H16F2Si/c1-9-5-6-10(2)11(8-9)4-3-7-14(12)13/h5-6,8,14H,3-4,7H2,1-2H3. The first-order valence-electron chi connectivity index (χ1n) is 4.94. The van der Waals surface area contributed by atoms with Gasteiger partial charge in [0.2, 0.25) is 0 Å². The zero-order chi connectivity index (χ0) is 10.6. The fourth-order valence-electron chi connectivity index (χ4n) is 1.52. The molecule has 0 N–H and O–H groups in total. The van der Waals surface area contributed by atoms with E-state index in [1.54, 1.807) is 0 Å². The van der Waals surface area contributed by atoms with Crippen LogP contribution in [-0.2, 0) is 6.42 Å². The third-order valence-corrected chi connectivity index (χ3v) is 3.22. The van der Waals surface area contributed by atoms with E-state index in [0.717, 1.165) is 6.42 Å². The third-order valence-electron chi connectivity index (χ3n) is 2.37. The largest absolute Gasteiger partial charge is 0.411 e. The molecule has 0 aromatic heterocycles. The Labute approximate surface area is 85.9 Å². The molecule has 1 rings (SSSR count). The Kier molecular flexibility index (Phi) is 4.26. The molecule has 0 bridgehead atoms. The average Bonchev–Trinajstić information content (AvgIpc) is 2.10. The molecule has 0 aliphatic heterocycles. The molecule has 78 valence electrons. The molecule has 0 saturated heterocycles. The number of rotatable bonds is 4. The van der Waals surface area contributed by atoms with Gasteiger partial charge in [-0.15, -0.1) is 0 Å². The van der Waals surface area contributed by atoms with Crippen LogP contribution in [0.5, 0.6) is 0 Å². The topological polar surface area (TPSA) is 0 Å². The van der Waals surface area contributed by atoms with Crippen LogP contribution in [0.1, 0.15) is 23.1 Å². The molecule has 3 heteroatoms. The van der Waals surface area contributed by atoms with Crippen molar-refractivity contribution in [2.45, 2.75) is 32.7 Å². The Morgan fingerprint density at radius 1 is 1.21 bits per heavy atom. The summed E-state index contributed by atoms with van der Waals surface area (Å²) < 4.78 is 24.1. The van der Waals surface area contributed by atoms with Crippen LogP contribution in [-0.4, -0.2) is 9.46 Å². The number of aryl methyl sites for hydroxylation is 3. The molecular formula is C11H16F2Si. The predicted molar refractivity (Wildman–Crippen MR) is 58.4 cm³/mol. The van der Waals surface area contributed by atoms with Crippen LogP contribution < -0.4 is 0 Å². The molecule has 0 amide bonds. The average molecular weight is 214 g/mol. The second-order valence-corrected chi connectivity index (χ2v) is 5.07. The molecule has 0 nitrogen and oxygen atoms in total. The Hall–Kier alpha value is -0.703. The van der Waals surface area contributed by atoms with Crippen LogP contribution >= 0.6 is 0 Å². The molecule has 1 aromatic carbocycles. The van der Waals surface area contributed by atoms with E-state index >= 15 is 0 Å². The van der Waals surface area contributed by atoms with E-state index < -0.39 is 9.46 Å². The van der Waals surface area contributed by atoms with E-state index in [0.29, 0.717) is 6.42 Å². The third kappa shape index (κ3) is 3.58. The Bertz CT molecular complexity index is 297. The van der Waals surface area contributed by atoms with Crippen molar-refractivity contribution >= 4 is 9.46 Å². The molecule has 14 heavy (non-hydrogen) atoms. The minimum Gasteiger partial charge on any atom is -0.275 e. The number of halogens is 2. The molecule has 0 saturated carbocycles. The molecule has 0 aliphatic carbocycles. The summed E-state index contributed by atoms with van der Waals surface area (Å²) in [5, 5.41) is 0. The molecule has 0 heterocycles. The van der Waals surface area contributed by atoms with Gasteiger partial charge in [0.15, 0.2) is 0 Å². The van der Waals surface area contributed by atoms with E-state index in [-0.39, 0.29) is 6.04 Å². The number of hydrogen-bond acceptors (Lipinski definition) is 0. The number of benzene rings is 1. The quantitative estimate of drug-likeness (QED) is 0.532. The van der Waals surface area contributed by atoms with Crippen molar-refractivity contribution in [3.05, 3.63) is 34.9 Å². The maximum Gasteiger partial charge on any atom is 0.411 e. The van der Waals surface area contributed by atoms with Crippen molar-refractivity contribution in [3.8, 4) is 0 Å². The first kappa shape index (κ1) is 11.4. The summed E-state index contributed by atoms with van der Waals surface area (Å²) in [6.07, 6.45) is 1.43. The highest BCUT2D eigenvalue weighted by atomic mass is 28.4. The summed E-state index contributed by atoms with van der Waals surface area (Å²) in [4.78, 5) is 0. The maximum atomic E-state index is 12.1. The van der Waals surface area contributed by atoms with E-state index in [2.05, 4.69) is 18.2 Å². The fraction of sp³-hybridized carbons (Fsp3) is 0.455. The molecule has 0 fully saturated rings. The molecule has 0 radical (unpaired) electrons. The van der Waals surface area contributed by atoms with E-state index in [4.69, 9.17) is 0 Å². The minimum atomic E-state index is -3.34. The number of hydrogen-bond donors (Lipinski definition) is 0. The van der Waals surface area contributed by atoms with Gasteiger partial charge in [0, 0.05) is 0 Å². The maximum absolute atomic E-state index is 12.1. The van der Waals surface area contributed by atoms with Gasteiger partial charge in [0.05, 0.1) is 0 Å². The van der Waals surface area contributed by atoms with Crippen molar-refractivity contribution in [2.24, 2.45) is 0 Å². The lowest BCUT2D eigenvalue weighted by Gasteiger charge is -2.06. The summed E-state index contributed by atoms with van der Waals surface area (Å²) in [6.45, 7) is 4.07. The molecule has 0 atom stereocenters. The summed E-state index contributed by atoms with van der Waals surface area (Å²) in [6, 6.07) is 6.36. The Morgan fingerprint density at radius 3 is 2.57 bits per heavy atom. The van der Waals surface area contributed by atoms with E-state index in [9.17, 15) is 8.22 Å². The summed E-state index contributed by atoms with van der Waals surface area (Å²) in [5.41, 5.74) is 3.64.